The fraction of sp³-hybridized carbons (Fsp3) is 0.500. The lowest BCUT2D eigenvalue weighted by atomic mass is 10.2. The van der Waals surface area contributed by atoms with Crippen molar-refractivity contribution in [2.45, 2.75) is 19.8 Å². The molecule has 1 fully saturated rings. The van der Waals surface area contributed by atoms with Crippen LogP contribution >= 0.6 is 0 Å². The molecule has 0 heterocycles. The molecule has 1 aliphatic carbocycles. The molecule has 98 valence electrons. The topological polar surface area (TPSA) is 32.3 Å². The third kappa shape index (κ3) is 3.29. The summed E-state index contributed by atoms with van der Waals surface area (Å²) in [5.41, 5.74) is 0.359. The summed E-state index contributed by atoms with van der Waals surface area (Å²) in [5, 5.41) is 3.14. The van der Waals surface area contributed by atoms with E-state index in [4.69, 9.17) is 0 Å². The number of nitrogens with zero attached hydrogens (tertiary/aromatic N) is 1. The molecule has 1 N–H and O–H groups in total. The molecule has 0 bridgehead atoms. The van der Waals surface area contributed by atoms with Gasteiger partial charge in [0.05, 0.1) is 12.2 Å². The van der Waals surface area contributed by atoms with Crippen molar-refractivity contribution in [2.75, 3.05) is 24.5 Å². The van der Waals surface area contributed by atoms with Gasteiger partial charge in [0.1, 0.15) is 5.82 Å². The smallest absolute Gasteiger partial charge is 0.241 e. The van der Waals surface area contributed by atoms with Crippen molar-refractivity contribution >= 4 is 11.6 Å². The van der Waals surface area contributed by atoms with E-state index in [0.29, 0.717) is 12.2 Å². The lowest BCUT2D eigenvalue weighted by molar-refractivity contribution is -0.117. The van der Waals surface area contributed by atoms with Crippen molar-refractivity contribution < 1.29 is 9.18 Å². The van der Waals surface area contributed by atoms with Crippen molar-refractivity contribution in [3.63, 3.8) is 0 Å². The number of anilines is 1. The first-order chi connectivity index (χ1) is 8.72. The predicted molar refractivity (Wildman–Crippen MR) is 70.0 cm³/mol. The molecule has 18 heavy (non-hydrogen) atoms. The van der Waals surface area contributed by atoms with Crippen LogP contribution in [0.25, 0.3) is 0 Å². The number of nitrogens with one attached hydrogen (secondary N) is 1. The average molecular weight is 250 g/mol. The number of rotatable bonds is 6. The van der Waals surface area contributed by atoms with E-state index in [-0.39, 0.29) is 18.3 Å². The highest BCUT2D eigenvalue weighted by molar-refractivity contribution is 5.94. The first-order valence-electron chi connectivity index (χ1n) is 6.48. The van der Waals surface area contributed by atoms with Crippen molar-refractivity contribution in [1.82, 2.24) is 5.32 Å². The highest BCUT2D eigenvalue weighted by atomic mass is 19.1. The number of amides is 1. The number of carbonyl (C=O) groups excluding carboxylic acids is 1. The summed E-state index contributed by atoms with van der Waals surface area (Å²) in [6, 6.07) is 6.38. The monoisotopic (exact) mass is 250 g/mol. The summed E-state index contributed by atoms with van der Waals surface area (Å²) < 4.78 is 13.6. The van der Waals surface area contributed by atoms with Crippen molar-refractivity contribution in [1.29, 1.82) is 0 Å². The maximum Gasteiger partial charge on any atom is 0.241 e. The van der Waals surface area contributed by atoms with Gasteiger partial charge in [-0.25, -0.2) is 4.39 Å². The molecule has 1 aromatic rings. The third-order valence-electron chi connectivity index (χ3n) is 3.17. The number of carbonyl (C=O) groups is 1. The van der Waals surface area contributed by atoms with Gasteiger partial charge in [-0.2, -0.15) is 0 Å². The molecule has 0 spiro atoms. The zero-order valence-corrected chi connectivity index (χ0v) is 10.7. The van der Waals surface area contributed by atoms with Gasteiger partial charge in [0.2, 0.25) is 5.91 Å². The molecule has 4 heteroatoms. The normalized spacial score (nSPS) is 14.6. The molecule has 0 radical (unpaired) electrons. The zero-order valence-electron chi connectivity index (χ0n) is 10.7. The standard InChI is InChI=1S/C14H19FN2O/c1-2-17(13-6-4-3-5-12(13)15)14(18)10-16-9-11-7-8-11/h3-6,11,16H,2,7-10H2,1H3. The Balaban J connectivity index is 1.94. The molecule has 1 aliphatic rings. The Morgan fingerprint density at radius 3 is 2.78 bits per heavy atom. The highest BCUT2D eigenvalue weighted by Crippen LogP contribution is 2.27. The Morgan fingerprint density at radius 1 is 1.44 bits per heavy atom. The van der Waals surface area contributed by atoms with Crippen LogP contribution in [0.5, 0.6) is 0 Å². The molecule has 0 atom stereocenters. The molecular weight excluding hydrogens is 231 g/mol. The molecule has 0 aliphatic heterocycles. The highest BCUT2D eigenvalue weighted by Gasteiger charge is 2.22. The fourth-order valence-electron chi connectivity index (χ4n) is 1.95. The van der Waals surface area contributed by atoms with Gasteiger partial charge in [0.15, 0.2) is 0 Å². The number of hydrogen-bond donors (Lipinski definition) is 1. The Morgan fingerprint density at radius 2 is 2.17 bits per heavy atom. The first kappa shape index (κ1) is 13.0. The second-order valence-corrected chi connectivity index (χ2v) is 4.66. The van der Waals surface area contributed by atoms with Crippen molar-refractivity contribution in [3.05, 3.63) is 30.1 Å². The Kier molecular flexibility index (Phi) is 4.31. The number of benzene rings is 1. The van der Waals surface area contributed by atoms with Crippen molar-refractivity contribution in [3.8, 4) is 0 Å². The van der Waals surface area contributed by atoms with E-state index in [9.17, 15) is 9.18 Å². The molecule has 1 saturated carbocycles. The Bertz CT molecular complexity index is 418. The molecule has 0 saturated heterocycles. The van der Waals surface area contributed by atoms with E-state index >= 15 is 0 Å². The van der Waals surface area contributed by atoms with E-state index in [2.05, 4.69) is 5.32 Å². The molecule has 1 amide bonds. The number of hydrogen-bond acceptors (Lipinski definition) is 2. The molecule has 0 aromatic heterocycles. The number of halogens is 1. The van der Waals surface area contributed by atoms with Crippen molar-refractivity contribution in [2.24, 2.45) is 5.92 Å². The largest absolute Gasteiger partial charge is 0.309 e. The van der Waals surface area contributed by atoms with Crippen LogP contribution in [0, 0.1) is 11.7 Å². The van der Waals surface area contributed by atoms with E-state index in [0.717, 1.165) is 12.5 Å². The van der Waals surface area contributed by atoms with E-state index in [1.807, 2.05) is 6.92 Å². The van der Waals surface area contributed by atoms with Crippen LogP contribution in [0.3, 0.4) is 0 Å². The van der Waals surface area contributed by atoms with Gasteiger partial charge >= 0.3 is 0 Å². The molecule has 0 unspecified atom stereocenters. The van der Waals surface area contributed by atoms with Crippen LogP contribution in [-0.4, -0.2) is 25.5 Å². The van der Waals surface area contributed by atoms with Crippen LogP contribution < -0.4 is 10.2 Å². The second-order valence-electron chi connectivity index (χ2n) is 4.66. The van der Waals surface area contributed by atoms with Gasteiger partial charge in [-0.1, -0.05) is 12.1 Å². The van der Waals surface area contributed by atoms with E-state index in [1.165, 1.54) is 23.8 Å². The third-order valence-corrected chi connectivity index (χ3v) is 3.17. The van der Waals surface area contributed by atoms with Gasteiger partial charge in [-0.05, 0) is 44.4 Å². The SMILES string of the molecule is CCN(C(=O)CNCC1CC1)c1ccccc1F. The predicted octanol–water partition coefficient (Wildman–Crippen LogP) is 2.18. The molecular formula is C14H19FN2O. The van der Waals surface area contributed by atoms with Gasteiger partial charge in [0.25, 0.3) is 0 Å². The number of para-hydroxylation sites is 1. The van der Waals surface area contributed by atoms with Gasteiger partial charge < -0.3 is 10.2 Å². The summed E-state index contributed by atoms with van der Waals surface area (Å²) >= 11 is 0. The van der Waals surface area contributed by atoms with Crippen LogP contribution in [0.2, 0.25) is 0 Å². The van der Waals surface area contributed by atoms with Gasteiger partial charge in [-0.3, -0.25) is 4.79 Å². The summed E-state index contributed by atoms with van der Waals surface area (Å²) in [4.78, 5) is 13.5. The second kappa shape index (κ2) is 5.96. The summed E-state index contributed by atoms with van der Waals surface area (Å²) in [7, 11) is 0. The minimum Gasteiger partial charge on any atom is -0.309 e. The maximum atomic E-state index is 13.6. The van der Waals surface area contributed by atoms with Crippen LogP contribution in [0.15, 0.2) is 24.3 Å². The lowest BCUT2D eigenvalue weighted by Crippen LogP contribution is -2.39. The quantitative estimate of drug-likeness (QED) is 0.839. The van der Waals surface area contributed by atoms with Gasteiger partial charge in [-0.15, -0.1) is 0 Å². The Hall–Kier alpha value is -1.42. The maximum absolute atomic E-state index is 13.6. The molecule has 3 nitrogen and oxygen atoms in total. The molecule has 2 rings (SSSR count). The number of likely N-dealkylation sites (N-methyl/N-ethyl adjacent to an activating group) is 1. The van der Waals surface area contributed by atoms with Gasteiger partial charge in [0, 0.05) is 6.54 Å². The first-order valence-corrected chi connectivity index (χ1v) is 6.48. The Labute approximate surface area is 107 Å². The zero-order chi connectivity index (χ0) is 13.0. The average Bonchev–Trinajstić information content (AvgIpc) is 3.16. The van der Waals surface area contributed by atoms with Crippen LogP contribution in [0.1, 0.15) is 19.8 Å². The van der Waals surface area contributed by atoms with Crippen LogP contribution in [0.4, 0.5) is 10.1 Å². The minimum absolute atomic E-state index is 0.0803. The summed E-state index contributed by atoms with van der Waals surface area (Å²) in [6.45, 7) is 3.50. The summed E-state index contributed by atoms with van der Waals surface area (Å²) in [6.07, 6.45) is 2.51. The lowest BCUT2D eigenvalue weighted by Gasteiger charge is -2.21. The van der Waals surface area contributed by atoms with Crippen LogP contribution in [-0.2, 0) is 4.79 Å². The summed E-state index contributed by atoms with van der Waals surface area (Å²) in [5.74, 6) is 0.305. The van der Waals surface area contributed by atoms with E-state index in [1.54, 1.807) is 18.2 Å². The molecule has 1 aromatic carbocycles. The fourth-order valence-corrected chi connectivity index (χ4v) is 1.95. The van der Waals surface area contributed by atoms with E-state index < -0.39 is 0 Å². The minimum atomic E-state index is -0.352.